The molecule has 0 aliphatic carbocycles. The van der Waals surface area contributed by atoms with Crippen LogP contribution < -0.4 is 10.3 Å². The van der Waals surface area contributed by atoms with E-state index in [-0.39, 0.29) is 5.56 Å². The number of nitrogens with zero attached hydrogens (tertiary/aromatic N) is 3. The molecule has 1 N–H and O–H groups in total. The largest absolute Gasteiger partial charge is 0.456 e. The number of para-hydroxylation sites is 1. The lowest BCUT2D eigenvalue weighted by atomic mass is 10.1. The van der Waals surface area contributed by atoms with E-state index in [2.05, 4.69) is 21.2 Å². The first-order chi connectivity index (χ1) is 15.2. The third-order valence-electron chi connectivity index (χ3n) is 5.49. The number of morpholine rings is 1. The molecule has 7 heteroatoms. The summed E-state index contributed by atoms with van der Waals surface area (Å²) >= 11 is 0. The molecule has 1 aliphatic heterocycles. The first-order valence-electron chi connectivity index (χ1n) is 10.5. The molecule has 0 unspecified atom stereocenters. The molecule has 0 bridgehead atoms. The third kappa shape index (κ3) is 4.52. The van der Waals surface area contributed by atoms with Crippen molar-refractivity contribution in [1.82, 2.24) is 19.7 Å². The Morgan fingerprint density at radius 3 is 2.77 bits per heavy atom. The predicted octanol–water partition coefficient (Wildman–Crippen LogP) is 3.52. The Kier molecular flexibility index (Phi) is 5.52. The van der Waals surface area contributed by atoms with Gasteiger partial charge in [0.15, 0.2) is 0 Å². The predicted molar refractivity (Wildman–Crippen MR) is 120 cm³/mol. The summed E-state index contributed by atoms with van der Waals surface area (Å²) in [5.41, 5.74) is 2.61. The molecular weight excluding hydrogens is 392 g/mol. The maximum Gasteiger partial charge on any atom is 0.252 e. The van der Waals surface area contributed by atoms with Crippen LogP contribution in [0.25, 0.3) is 22.0 Å². The number of aromatic amines is 1. The Morgan fingerprint density at radius 2 is 1.87 bits per heavy atom. The van der Waals surface area contributed by atoms with Crippen LogP contribution in [-0.2, 0) is 11.3 Å². The molecule has 0 amide bonds. The van der Waals surface area contributed by atoms with E-state index in [1.165, 1.54) is 6.07 Å². The number of fused-ring (bicyclic) bond motifs is 1. The van der Waals surface area contributed by atoms with E-state index in [1.807, 2.05) is 59.4 Å². The molecule has 1 saturated heterocycles. The van der Waals surface area contributed by atoms with Crippen LogP contribution in [0.4, 0.5) is 0 Å². The summed E-state index contributed by atoms with van der Waals surface area (Å²) in [6, 6.07) is 16.9. The van der Waals surface area contributed by atoms with Gasteiger partial charge in [0.2, 0.25) is 0 Å². The minimum absolute atomic E-state index is 0.189. The van der Waals surface area contributed by atoms with Crippen molar-refractivity contribution in [2.45, 2.75) is 6.54 Å². The Balaban J connectivity index is 1.33. The van der Waals surface area contributed by atoms with Gasteiger partial charge < -0.3 is 14.5 Å². The molecule has 31 heavy (non-hydrogen) atoms. The molecule has 0 saturated carbocycles. The van der Waals surface area contributed by atoms with Crippen LogP contribution in [0.5, 0.6) is 11.5 Å². The van der Waals surface area contributed by atoms with Crippen molar-refractivity contribution < 1.29 is 9.47 Å². The number of nitrogens with one attached hydrogen (secondary N) is 1. The minimum Gasteiger partial charge on any atom is -0.456 e. The highest BCUT2D eigenvalue weighted by Gasteiger charge is 2.11. The maximum absolute atomic E-state index is 12.0. The van der Waals surface area contributed by atoms with Crippen molar-refractivity contribution in [1.29, 1.82) is 0 Å². The summed E-state index contributed by atoms with van der Waals surface area (Å²) in [7, 11) is 0. The second-order valence-electron chi connectivity index (χ2n) is 7.62. The number of aromatic nitrogens is 3. The van der Waals surface area contributed by atoms with Crippen molar-refractivity contribution in [3.8, 4) is 22.6 Å². The fraction of sp³-hybridized carbons (Fsp3) is 0.250. The molecule has 7 nitrogen and oxygen atoms in total. The fourth-order valence-corrected chi connectivity index (χ4v) is 3.83. The quantitative estimate of drug-likeness (QED) is 0.521. The van der Waals surface area contributed by atoms with Gasteiger partial charge >= 0.3 is 0 Å². The van der Waals surface area contributed by atoms with Crippen LogP contribution in [0, 0.1) is 0 Å². The molecular formula is C24H24N4O3. The lowest BCUT2D eigenvalue weighted by Gasteiger charge is -2.26. The van der Waals surface area contributed by atoms with Crippen LogP contribution in [0.3, 0.4) is 0 Å². The van der Waals surface area contributed by atoms with Crippen LogP contribution in [0.1, 0.15) is 0 Å². The highest BCUT2D eigenvalue weighted by Crippen LogP contribution is 2.30. The molecule has 5 rings (SSSR count). The average Bonchev–Trinajstić information content (AvgIpc) is 3.28. The first kappa shape index (κ1) is 19.5. The number of rotatable bonds is 6. The smallest absolute Gasteiger partial charge is 0.252 e. The number of hydrogen-bond acceptors (Lipinski definition) is 5. The molecule has 4 aromatic rings. The van der Waals surface area contributed by atoms with E-state index in [4.69, 9.17) is 9.47 Å². The van der Waals surface area contributed by atoms with E-state index >= 15 is 0 Å². The summed E-state index contributed by atoms with van der Waals surface area (Å²) in [4.78, 5) is 17.2. The molecule has 0 radical (unpaired) electrons. The summed E-state index contributed by atoms with van der Waals surface area (Å²) in [6.45, 7) is 5.37. The third-order valence-corrected chi connectivity index (χ3v) is 5.49. The maximum atomic E-state index is 12.0. The fourth-order valence-electron chi connectivity index (χ4n) is 3.83. The monoisotopic (exact) mass is 416 g/mol. The van der Waals surface area contributed by atoms with Gasteiger partial charge in [0, 0.05) is 42.8 Å². The van der Waals surface area contributed by atoms with Gasteiger partial charge in [-0.25, -0.2) is 0 Å². The lowest BCUT2D eigenvalue weighted by molar-refractivity contribution is 0.0360. The standard InChI is InChI=1S/C24H24N4O3/c29-24-15-23(21-6-1-2-7-22(21)26-24)31-20-5-3-4-18(14-20)19-16-25-28(17-19)9-8-27-10-12-30-13-11-27/h1-7,14-17H,8-13H2,(H,26,29). The van der Waals surface area contributed by atoms with Gasteiger partial charge in [-0.1, -0.05) is 24.3 Å². The Hall–Kier alpha value is -3.42. The van der Waals surface area contributed by atoms with Crippen LogP contribution in [0.2, 0.25) is 0 Å². The second kappa shape index (κ2) is 8.75. The van der Waals surface area contributed by atoms with Gasteiger partial charge in [0.1, 0.15) is 11.5 Å². The molecule has 2 aromatic carbocycles. The zero-order valence-corrected chi connectivity index (χ0v) is 17.2. The summed E-state index contributed by atoms with van der Waals surface area (Å²) < 4.78 is 13.5. The second-order valence-corrected chi connectivity index (χ2v) is 7.62. The SMILES string of the molecule is O=c1cc(Oc2cccc(-c3cnn(CCN4CCOCC4)c3)c2)c2ccccc2[nH]1. The Labute approximate surface area is 179 Å². The van der Waals surface area contributed by atoms with E-state index in [0.717, 1.165) is 61.4 Å². The molecule has 2 aromatic heterocycles. The highest BCUT2D eigenvalue weighted by atomic mass is 16.5. The van der Waals surface area contributed by atoms with E-state index < -0.39 is 0 Å². The molecule has 0 atom stereocenters. The normalized spacial score (nSPS) is 14.7. The van der Waals surface area contributed by atoms with Gasteiger partial charge in [-0.2, -0.15) is 5.10 Å². The zero-order chi connectivity index (χ0) is 21.0. The van der Waals surface area contributed by atoms with Gasteiger partial charge in [0.05, 0.1) is 31.5 Å². The Bertz CT molecular complexity index is 1240. The number of benzene rings is 2. The van der Waals surface area contributed by atoms with Gasteiger partial charge in [0.25, 0.3) is 5.56 Å². The zero-order valence-electron chi connectivity index (χ0n) is 17.2. The molecule has 0 spiro atoms. The summed E-state index contributed by atoms with van der Waals surface area (Å²) in [5.74, 6) is 1.21. The van der Waals surface area contributed by atoms with Crippen molar-refractivity contribution in [3.05, 3.63) is 77.3 Å². The summed E-state index contributed by atoms with van der Waals surface area (Å²) in [5, 5.41) is 5.38. The molecule has 1 fully saturated rings. The van der Waals surface area contributed by atoms with Crippen molar-refractivity contribution >= 4 is 10.9 Å². The van der Waals surface area contributed by atoms with E-state index in [1.54, 1.807) is 0 Å². The minimum atomic E-state index is -0.189. The van der Waals surface area contributed by atoms with Crippen molar-refractivity contribution in [3.63, 3.8) is 0 Å². The Morgan fingerprint density at radius 1 is 1.00 bits per heavy atom. The average molecular weight is 416 g/mol. The number of H-pyrrole nitrogens is 1. The van der Waals surface area contributed by atoms with Crippen molar-refractivity contribution in [2.24, 2.45) is 0 Å². The molecule has 1 aliphatic rings. The lowest BCUT2D eigenvalue weighted by Crippen LogP contribution is -2.38. The topological polar surface area (TPSA) is 72.4 Å². The first-order valence-corrected chi connectivity index (χ1v) is 10.5. The van der Waals surface area contributed by atoms with Crippen LogP contribution >= 0.6 is 0 Å². The van der Waals surface area contributed by atoms with Crippen molar-refractivity contribution in [2.75, 3.05) is 32.8 Å². The van der Waals surface area contributed by atoms with E-state index in [9.17, 15) is 4.79 Å². The number of hydrogen-bond donors (Lipinski definition) is 1. The van der Waals surface area contributed by atoms with Crippen LogP contribution in [0.15, 0.2) is 71.8 Å². The van der Waals surface area contributed by atoms with Gasteiger partial charge in [-0.05, 0) is 29.8 Å². The number of pyridine rings is 1. The van der Waals surface area contributed by atoms with Gasteiger partial charge in [-0.3, -0.25) is 14.4 Å². The summed E-state index contributed by atoms with van der Waals surface area (Å²) in [6.07, 6.45) is 3.93. The number of ether oxygens (including phenoxy) is 2. The molecule has 158 valence electrons. The molecule has 3 heterocycles. The van der Waals surface area contributed by atoms with Gasteiger partial charge in [-0.15, -0.1) is 0 Å². The highest BCUT2D eigenvalue weighted by molar-refractivity contribution is 5.85. The van der Waals surface area contributed by atoms with Crippen LogP contribution in [-0.4, -0.2) is 52.5 Å². The van der Waals surface area contributed by atoms with E-state index in [0.29, 0.717) is 11.5 Å².